The third-order valence-electron chi connectivity index (χ3n) is 4.17. The van der Waals surface area contributed by atoms with Gasteiger partial charge in [0.1, 0.15) is 0 Å². The molecule has 0 aromatic heterocycles. The van der Waals surface area contributed by atoms with Crippen molar-refractivity contribution in [2.75, 3.05) is 13.6 Å². The van der Waals surface area contributed by atoms with Crippen molar-refractivity contribution < 1.29 is 9.90 Å². The highest BCUT2D eigenvalue weighted by atomic mass is 16.3. The highest BCUT2D eigenvalue weighted by molar-refractivity contribution is 5.78. The summed E-state index contributed by atoms with van der Waals surface area (Å²) in [4.78, 5) is 13.6. The van der Waals surface area contributed by atoms with Crippen LogP contribution < -0.4 is 11.3 Å². The molecular weight excluding hydrogens is 266 g/mol. The molecule has 5 nitrogen and oxygen atoms in total. The smallest absolute Gasteiger partial charge is 0.238 e. The zero-order valence-corrected chi connectivity index (χ0v) is 12.6. The van der Waals surface area contributed by atoms with E-state index in [4.69, 9.17) is 5.84 Å². The topological polar surface area (TPSA) is 78.6 Å². The van der Waals surface area contributed by atoms with Crippen LogP contribution in [0.2, 0.25) is 0 Å². The van der Waals surface area contributed by atoms with Crippen LogP contribution in [0.3, 0.4) is 0 Å². The number of carbonyl (C=O) groups excluding carboxylic acids is 1. The van der Waals surface area contributed by atoms with Gasteiger partial charge in [-0.1, -0.05) is 37.1 Å². The molecule has 0 bridgehead atoms. The van der Waals surface area contributed by atoms with Gasteiger partial charge in [0.25, 0.3) is 0 Å². The molecule has 0 atom stereocenters. The number of nitrogens with two attached hydrogens (primary N) is 1. The van der Waals surface area contributed by atoms with Crippen molar-refractivity contribution >= 4 is 5.91 Å². The highest BCUT2D eigenvalue weighted by Gasteiger charge is 2.32. The molecule has 1 amide bonds. The summed E-state index contributed by atoms with van der Waals surface area (Å²) in [5.74, 6) is 4.96. The summed E-state index contributed by atoms with van der Waals surface area (Å²) in [5, 5.41) is 10.5. The van der Waals surface area contributed by atoms with E-state index in [1.807, 2.05) is 31.3 Å². The van der Waals surface area contributed by atoms with Crippen molar-refractivity contribution in [2.45, 2.75) is 44.2 Å². The van der Waals surface area contributed by atoms with Crippen LogP contribution in [0.15, 0.2) is 24.3 Å². The normalized spacial score (nSPS) is 17.1. The quantitative estimate of drug-likeness (QED) is 0.414. The maximum Gasteiger partial charge on any atom is 0.238 e. The fourth-order valence-corrected chi connectivity index (χ4v) is 3.15. The van der Waals surface area contributed by atoms with Crippen molar-refractivity contribution in [3.8, 4) is 0 Å². The number of benzene rings is 1. The van der Waals surface area contributed by atoms with Crippen LogP contribution in [-0.4, -0.2) is 35.1 Å². The van der Waals surface area contributed by atoms with Crippen LogP contribution >= 0.6 is 0 Å². The number of rotatable bonds is 6. The predicted molar refractivity (Wildman–Crippen MR) is 82.2 cm³/mol. The molecule has 1 aromatic carbocycles. The van der Waals surface area contributed by atoms with Gasteiger partial charge in [0, 0.05) is 13.1 Å². The van der Waals surface area contributed by atoms with Crippen LogP contribution in [0.5, 0.6) is 0 Å². The van der Waals surface area contributed by atoms with E-state index in [2.05, 4.69) is 10.3 Å². The summed E-state index contributed by atoms with van der Waals surface area (Å²) < 4.78 is 0. The second-order valence-corrected chi connectivity index (χ2v) is 6.12. The van der Waals surface area contributed by atoms with Gasteiger partial charge >= 0.3 is 0 Å². The first-order valence-electron chi connectivity index (χ1n) is 7.49. The van der Waals surface area contributed by atoms with Gasteiger partial charge in [0.15, 0.2) is 0 Å². The molecule has 21 heavy (non-hydrogen) atoms. The largest absolute Gasteiger partial charge is 0.389 e. The third kappa shape index (κ3) is 4.52. The van der Waals surface area contributed by atoms with Crippen LogP contribution in [0.25, 0.3) is 0 Å². The monoisotopic (exact) mass is 291 g/mol. The SMILES string of the molecule is CN(Cc1ccccc1CC(=O)NN)CC1(O)CCCC1. The molecule has 4 N–H and O–H groups in total. The number of likely N-dealkylation sites (N-methyl/N-ethyl adjacent to an activating group) is 1. The Bertz CT molecular complexity index is 484. The van der Waals surface area contributed by atoms with Crippen LogP contribution in [0.4, 0.5) is 0 Å². The Balaban J connectivity index is 1.99. The average molecular weight is 291 g/mol. The zero-order chi connectivity index (χ0) is 15.3. The number of aliphatic hydroxyl groups is 1. The minimum Gasteiger partial charge on any atom is -0.389 e. The van der Waals surface area contributed by atoms with E-state index in [1.165, 1.54) is 0 Å². The molecular formula is C16H25N3O2. The molecule has 116 valence electrons. The average Bonchev–Trinajstić information content (AvgIpc) is 2.87. The van der Waals surface area contributed by atoms with Crippen molar-refractivity contribution in [1.29, 1.82) is 0 Å². The van der Waals surface area contributed by atoms with E-state index in [9.17, 15) is 9.90 Å². The van der Waals surface area contributed by atoms with Gasteiger partial charge in [-0.15, -0.1) is 0 Å². The molecule has 0 heterocycles. The Morgan fingerprint density at radius 2 is 1.95 bits per heavy atom. The first kappa shape index (κ1) is 15.9. The number of hydrazine groups is 1. The zero-order valence-electron chi connectivity index (χ0n) is 12.6. The third-order valence-corrected chi connectivity index (χ3v) is 4.17. The number of hydrogen-bond donors (Lipinski definition) is 3. The second-order valence-electron chi connectivity index (χ2n) is 6.12. The first-order chi connectivity index (χ1) is 10.0. The summed E-state index contributed by atoms with van der Waals surface area (Å²) in [5.41, 5.74) is 3.70. The number of hydrogen-bond acceptors (Lipinski definition) is 4. The predicted octanol–water partition coefficient (Wildman–Crippen LogP) is 0.956. The number of nitrogens with zero attached hydrogens (tertiary/aromatic N) is 1. The maximum atomic E-state index is 11.5. The number of carbonyl (C=O) groups is 1. The Morgan fingerprint density at radius 1 is 1.33 bits per heavy atom. The van der Waals surface area contributed by atoms with E-state index in [1.54, 1.807) is 0 Å². The molecule has 1 aliphatic carbocycles. The van der Waals surface area contributed by atoms with Gasteiger partial charge < -0.3 is 5.11 Å². The summed E-state index contributed by atoms with van der Waals surface area (Å²) >= 11 is 0. The van der Waals surface area contributed by atoms with Crippen LogP contribution in [0.1, 0.15) is 36.8 Å². The lowest BCUT2D eigenvalue weighted by atomic mass is 10.0. The van der Waals surface area contributed by atoms with E-state index in [-0.39, 0.29) is 12.3 Å². The maximum absolute atomic E-state index is 11.5. The molecule has 0 unspecified atom stereocenters. The molecule has 5 heteroatoms. The molecule has 1 aliphatic rings. The molecule has 0 saturated heterocycles. The van der Waals surface area contributed by atoms with Gasteiger partial charge in [-0.05, 0) is 31.0 Å². The number of nitrogens with one attached hydrogen (secondary N) is 1. The van der Waals surface area contributed by atoms with Crippen molar-refractivity contribution in [2.24, 2.45) is 5.84 Å². The lowest BCUT2D eigenvalue weighted by Gasteiger charge is -2.29. The van der Waals surface area contributed by atoms with Crippen LogP contribution in [-0.2, 0) is 17.8 Å². The van der Waals surface area contributed by atoms with E-state index < -0.39 is 5.60 Å². The van der Waals surface area contributed by atoms with E-state index >= 15 is 0 Å². The molecule has 0 radical (unpaired) electrons. The summed E-state index contributed by atoms with van der Waals surface area (Å²) in [6.07, 6.45) is 4.27. The molecule has 1 saturated carbocycles. The molecule has 2 rings (SSSR count). The fraction of sp³-hybridized carbons (Fsp3) is 0.562. The summed E-state index contributed by atoms with van der Waals surface area (Å²) in [6, 6.07) is 7.86. The van der Waals surface area contributed by atoms with E-state index in [0.29, 0.717) is 6.54 Å². The Hall–Kier alpha value is -1.43. The minimum absolute atomic E-state index is 0.195. The Morgan fingerprint density at radius 3 is 2.57 bits per heavy atom. The minimum atomic E-state index is -0.543. The molecule has 1 fully saturated rings. The standard InChI is InChI=1S/C16H25N3O2/c1-19(12-16(21)8-4-5-9-16)11-14-7-3-2-6-13(14)10-15(20)18-17/h2-3,6-7,21H,4-5,8-12,17H2,1H3,(H,18,20). The van der Waals surface area contributed by atoms with Gasteiger partial charge in [-0.3, -0.25) is 15.1 Å². The molecule has 0 spiro atoms. The van der Waals surface area contributed by atoms with Gasteiger partial charge in [0.2, 0.25) is 5.91 Å². The van der Waals surface area contributed by atoms with Crippen molar-refractivity contribution in [1.82, 2.24) is 10.3 Å². The summed E-state index contributed by atoms with van der Waals surface area (Å²) in [6.45, 7) is 1.39. The van der Waals surface area contributed by atoms with Crippen molar-refractivity contribution in [3.63, 3.8) is 0 Å². The first-order valence-corrected chi connectivity index (χ1v) is 7.49. The summed E-state index contributed by atoms with van der Waals surface area (Å²) in [7, 11) is 2.01. The van der Waals surface area contributed by atoms with E-state index in [0.717, 1.165) is 43.4 Å². The van der Waals surface area contributed by atoms with Gasteiger partial charge in [-0.25, -0.2) is 5.84 Å². The van der Waals surface area contributed by atoms with Gasteiger partial charge in [-0.2, -0.15) is 0 Å². The van der Waals surface area contributed by atoms with Crippen molar-refractivity contribution in [3.05, 3.63) is 35.4 Å². The second kappa shape index (κ2) is 7.02. The fourth-order valence-electron chi connectivity index (χ4n) is 3.15. The molecule has 0 aliphatic heterocycles. The number of amides is 1. The Kier molecular flexibility index (Phi) is 5.33. The molecule has 1 aromatic rings. The van der Waals surface area contributed by atoms with Gasteiger partial charge in [0.05, 0.1) is 12.0 Å². The highest BCUT2D eigenvalue weighted by Crippen LogP contribution is 2.30. The van der Waals surface area contributed by atoms with Crippen LogP contribution in [0, 0.1) is 0 Å². The Labute approximate surface area is 126 Å². The lowest BCUT2D eigenvalue weighted by Crippen LogP contribution is -2.39. The lowest BCUT2D eigenvalue weighted by molar-refractivity contribution is -0.120.